The molecule has 0 atom stereocenters. The van der Waals surface area contributed by atoms with Gasteiger partial charge in [0.2, 0.25) is 0 Å². The van der Waals surface area contributed by atoms with E-state index in [1.807, 2.05) is 41.8 Å². The van der Waals surface area contributed by atoms with E-state index in [9.17, 15) is 17.6 Å². The average Bonchev–Trinajstić information content (AvgIpc) is 3.35. The van der Waals surface area contributed by atoms with Crippen molar-refractivity contribution >= 4 is 27.5 Å². The molecule has 2 aliphatic heterocycles. The molecule has 222 valence electrons. The Hall–Kier alpha value is -2.82. The Morgan fingerprint density at radius 2 is 1.78 bits per heavy atom. The number of nitrogens with zero attached hydrogens (tertiary/aromatic N) is 5. The minimum atomic E-state index is -2.33. The van der Waals surface area contributed by atoms with E-state index >= 15 is 0 Å². The van der Waals surface area contributed by atoms with Crippen LogP contribution in [0.4, 0.5) is 4.39 Å². The number of likely N-dealkylation sites (tertiary alicyclic amines) is 2. The second-order valence-electron chi connectivity index (χ2n) is 12.0. The van der Waals surface area contributed by atoms with Gasteiger partial charge in [0.15, 0.2) is 10.7 Å². The van der Waals surface area contributed by atoms with Crippen LogP contribution in [0, 0.1) is 11.7 Å². The van der Waals surface area contributed by atoms with Crippen molar-refractivity contribution in [2.45, 2.75) is 57.9 Å². The van der Waals surface area contributed by atoms with Crippen LogP contribution in [0.2, 0.25) is 0 Å². The predicted molar refractivity (Wildman–Crippen MR) is 161 cm³/mol. The molecule has 2 aromatic heterocycles. The minimum absolute atomic E-state index is 0.00803. The van der Waals surface area contributed by atoms with Gasteiger partial charge in [0.05, 0.1) is 28.8 Å². The predicted octanol–water partition coefficient (Wildman–Crippen LogP) is 4.50. The van der Waals surface area contributed by atoms with Crippen LogP contribution in [-0.4, -0.2) is 90.3 Å². The fourth-order valence-corrected chi connectivity index (χ4v) is 6.96. The van der Waals surface area contributed by atoms with Gasteiger partial charge in [0, 0.05) is 30.9 Å². The molecule has 1 aromatic carbocycles. The highest BCUT2D eigenvalue weighted by Crippen LogP contribution is 2.36. The lowest BCUT2D eigenvalue weighted by Crippen LogP contribution is -2.37. The van der Waals surface area contributed by atoms with Crippen LogP contribution in [0.3, 0.4) is 0 Å². The number of benzene rings is 1. The summed E-state index contributed by atoms with van der Waals surface area (Å²) in [7, 11) is -0.585. The van der Waals surface area contributed by atoms with Gasteiger partial charge in [0.1, 0.15) is 5.82 Å². The molecule has 0 bridgehead atoms. The Balaban J connectivity index is 1.28. The molecule has 2 saturated heterocycles. The number of hydrogen-bond acceptors (Lipinski definition) is 6. The summed E-state index contributed by atoms with van der Waals surface area (Å²) in [5.74, 6) is 0.618. The summed E-state index contributed by atoms with van der Waals surface area (Å²) in [5, 5.41) is 1.13. The van der Waals surface area contributed by atoms with Crippen LogP contribution < -0.4 is 0 Å². The Morgan fingerprint density at radius 3 is 2.46 bits per heavy atom. The number of carbonyl (C=O) groups excluding carboxylic acids is 1. The van der Waals surface area contributed by atoms with Crippen LogP contribution in [-0.2, 0) is 10.7 Å². The average molecular weight is 584 g/mol. The standard InChI is InChI=1S/C31H42FN5O3S/c1-22(2)34(3)31(38)27-18-25(32)4-5-29(27)37-20-28(26-6-12-33-19-30(26)37)24-10-16-35(17-11-24)13-7-23-8-14-36(15-9-23)21-41(39)40/h4-6,12,18-20,22-24,41H,7-11,13-17,21H2,1-3H3. The van der Waals surface area contributed by atoms with Crippen molar-refractivity contribution in [1.29, 1.82) is 0 Å². The monoisotopic (exact) mass is 583 g/mol. The molecular formula is C31H42FN5O3S. The molecule has 0 radical (unpaired) electrons. The van der Waals surface area contributed by atoms with E-state index in [1.165, 1.54) is 24.1 Å². The van der Waals surface area contributed by atoms with Crippen LogP contribution >= 0.6 is 0 Å². The maximum atomic E-state index is 14.4. The van der Waals surface area contributed by atoms with Crippen LogP contribution in [0.1, 0.15) is 67.8 Å². The van der Waals surface area contributed by atoms with Crippen molar-refractivity contribution in [3.63, 3.8) is 0 Å². The van der Waals surface area contributed by atoms with E-state index < -0.39 is 16.5 Å². The number of aromatic nitrogens is 2. The lowest BCUT2D eigenvalue weighted by Gasteiger charge is -2.35. The van der Waals surface area contributed by atoms with Crippen molar-refractivity contribution in [3.8, 4) is 5.69 Å². The number of piperidine rings is 2. The molecule has 10 heteroatoms. The van der Waals surface area contributed by atoms with Gasteiger partial charge < -0.3 is 14.4 Å². The number of halogens is 1. The highest BCUT2D eigenvalue weighted by Gasteiger charge is 2.27. The van der Waals surface area contributed by atoms with Crippen LogP contribution in [0.25, 0.3) is 16.6 Å². The van der Waals surface area contributed by atoms with E-state index in [4.69, 9.17) is 0 Å². The van der Waals surface area contributed by atoms with E-state index in [2.05, 4.69) is 16.1 Å². The summed E-state index contributed by atoms with van der Waals surface area (Å²) in [6, 6.07) is 6.49. The van der Waals surface area contributed by atoms with Gasteiger partial charge in [-0.05, 0) is 120 Å². The van der Waals surface area contributed by atoms with Gasteiger partial charge in [0.25, 0.3) is 5.91 Å². The van der Waals surface area contributed by atoms with Crippen molar-refractivity contribution in [3.05, 3.63) is 59.8 Å². The molecule has 0 aliphatic carbocycles. The number of fused-ring (bicyclic) bond motifs is 1. The van der Waals surface area contributed by atoms with Gasteiger partial charge in [-0.2, -0.15) is 0 Å². The molecule has 41 heavy (non-hydrogen) atoms. The third-order valence-electron chi connectivity index (χ3n) is 9.09. The SMILES string of the molecule is CC(C)N(C)C(=O)c1cc(F)ccc1-n1cc(C2CCN(CCC3CCN(C[SH](=O)=O)CC3)CC2)c2ccncc21. The first-order chi connectivity index (χ1) is 19.7. The number of carbonyl (C=O) groups is 1. The zero-order valence-corrected chi connectivity index (χ0v) is 25.2. The molecule has 8 nitrogen and oxygen atoms in total. The van der Waals surface area contributed by atoms with Gasteiger partial charge in [-0.15, -0.1) is 0 Å². The number of hydrogen-bond donors (Lipinski definition) is 1. The summed E-state index contributed by atoms with van der Waals surface area (Å²) in [6.45, 7) is 8.81. The summed E-state index contributed by atoms with van der Waals surface area (Å²) in [6.07, 6.45) is 11.2. The van der Waals surface area contributed by atoms with Crippen molar-refractivity contribution < 1.29 is 17.6 Å². The zero-order valence-electron chi connectivity index (χ0n) is 24.3. The highest BCUT2D eigenvalue weighted by atomic mass is 32.2. The fraction of sp³-hybridized carbons (Fsp3) is 0.548. The first-order valence-electron chi connectivity index (χ1n) is 14.8. The fourth-order valence-electron chi connectivity index (χ4n) is 6.35. The lowest BCUT2D eigenvalue weighted by molar-refractivity contribution is 0.0754. The first-order valence-corrected chi connectivity index (χ1v) is 16.2. The summed E-state index contributed by atoms with van der Waals surface area (Å²) in [4.78, 5) is 24.0. The molecule has 2 aliphatic rings. The normalized spacial score (nSPS) is 18.1. The summed E-state index contributed by atoms with van der Waals surface area (Å²) in [5.41, 5.74) is 3.19. The van der Waals surface area contributed by atoms with Crippen LogP contribution in [0.5, 0.6) is 0 Å². The van der Waals surface area contributed by atoms with E-state index in [-0.39, 0.29) is 17.8 Å². The Bertz CT molecular complexity index is 1430. The Kier molecular flexibility index (Phi) is 9.41. The minimum Gasteiger partial charge on any atom is -0.339 e. The smallest absolute Gasteiger partial charge is 0.256 e. The number of pyridine rings is 1. The quantitative estimate of drug-likeness (QED) is 0.374. The molecule has 0 unspecified atom stereocenters. The molecule has 3 aromatic rings. The second-order valence-corrected chi connectivity index (χ2v) is 12.9. The van der Waals surface area contributed by atoms with Crippen molar-refractivity contribution in [2.75, 3.05) is 45.6 Å². The van der Waals surface area contributed by atoms with Crippen molar-refractivity contribution in [1.82, 2.24) is 24.3 Å². The molecule has 4 heterocycles. The van der Waals surface area contributed by atoms with Gasteiger partial charge in [-0.3, -0.25) is 14.7 Å². The van der Waals surface area contributed by atoms with E-state index in [0.717, 1.165) is 69.3 Å². The van der Waals surface area contributed by atoms with Gasteiger partial charge >= 0.3 is 0 Å². The number of thiol groups is 1. The van der Waals surface area contributed by atoms with Gasteiger partial charge in [-0.25, -0.2) is 12.8 Å². The topological polar surface area (TPSA) is 78.8 Å². The molecular weight excluding hydrogens is 541 g/mol. The van der Waals surface area contributed by atoms with Crippen LogP contribution in [0.15, 0.2) is 42.9 Å². The largest absolute Gasteiger partial charge is 0.339 e. The molecule has 0 N–H and O–H groups in total. The summed E-state index contributed by atoms with van der Waals surface area (Å²) >= 11 is 0. The number of amides is 1. The second kappa shape index (κ2) is 13.0. The molecule has 0 saturated carbocycles. The van der Waals surface area contributed by atoms with E-state index in [0.29, 0.717) is 23.1 Å². The third-order valence-corrected chi connectivity index (χ3v) is 9.72. The maximum absolute atomic E-state index is 14.4. The van der Waals surface area contributed by atoms with E-state index in [1.54, 1.807) is 18.0 Å². The zero-order chi connectivity index (χ0) is 29.1. The number of rotatable bonds is 9. The molecule has 1 amide bonds. The maximum Gasteiger partial charge on any atom is 0.256 e. The lowest BCUT2D eigenvalue weighted by atomic mass is 9.88. The third kappa shape index (κ3) is 6.81. The summed E-state index contributed by atoms with van der Waals surface area (Å²) < 4.78 is 38.4. The van der Waals surface area contributed by atoms with Crippen molar-refractivity contribution in [2.24, 2.45) is 5.92 Å². The molecule has 2 fully saturated rings. The Morgan fingerprint density at radius 1 is 1.07 bits per heavy atom. The first kappa shape index (κ1) is 29.7. The molecule has 0 spiro atoms. The molecule has 5 rings (SSSR count). The highest BCUT2D eigenvalue weighted by molar-refractivity contribution is 7.72. The van der Waals surface area contributed by atoms with Gasteiger partial charge in [-0.1, -0.05) is 0 Å². The Labute approximate surface area is 244 Å².